The number of benzene rings is 1. The molecular weight excluding hydrogens is 214 g/mol. The lowest BCUT2D eigenvalue weighted by atomic mass is 9.97. The quantitative estimate of drug-likeness (QED) is 0.845. The minimum absolute atomic E-state index is 0.531. The van der Waals surface area contributed by atoms with Crippen molar-refractivity contribution in [1.82, 2.24) is 5.32 Å². The first kappa shape index (κ1) is 12.4. The first-order valence-corrected chi connectivity index (χ1v) is 6.17. The van der Waals surface area contributed by atoms with Crippen molar-refractivity contribution in [2.75, 3.05) is 27.4 Å². The molecule has 0 aromatic heterocycles. The lowest BCUT2D eigenvalue weighted by Gasteiger charge is -2.10. The van der Waals surface area contributed by atoms with Gasteiger partial charge in [-0.15, -0.1) is 0 Å². The zero-order valence-electron chi connectivity index (χ0n) is 10.6. The lowest BCUT2D eigenvalue weighted by molar-refractivity contribution is 0.172. The maximum Gasteiger partial charge on any atom is 0.118 e. The smallest absolute Gasteiger partial charge is 0.118 e. The summed E-state index contributed by atoms with van der Waals surface area (Å²) in [6.07, 6.45) is 2.34. The van der Waals surface area contributed by atoms with E-state index in [0.717, 1.165) is 31.2 Å². The number of rotatable bonds is 5. The summed E-state index contributed by atoms with van der Waals surface area (Å²) < 4.78 is 10.3. The summed E-state index contributed by atoms with van der Waals surface area (Å²) in [5.74, 6) is 1.65. The zero-order valence-corrected chi connectivity index (χ0v) is 10.6. The summed E-state index contributed by atoms with van der Waals surface area (Å²) >= 11 is 0. The molecule has 1 N–H and O–H groups in total. The van der Waals surface area contributed by atoms with Gasteiger partial charge in [0.2, 0.25) is 0 Å². The molecule has 1 aromatic carbocycles. The molecule has 3 heteroatoms. The maximum absolute atomic E-state index is 5.18. The van der Waals surface area contributed by atoms with Gasteiger partial charge >= 0.3 is 0 Å². The van der Waals surface area contributed by atoms with Gasteiger partial charge in [-0.3, -0.25) is 0 Å². The fourth-order valence-corrected chi connectivity index (χ4v) is 2.48. The molecule has 1 aliphatic heterocycles. The average Bonchev–Trinajstić information content (AvgIpc) is 2.78. The second-order valence-corrected chi connectivity index (χ2v) is 4.71. The first-order valence-electron chi connectivity index (χ1n) is 6.17. The molecule has 0 radical (unpaired) electrons. The first-order chi connectivity index (χ1) is 8.31. The molecule has 0 spiro atoms. The molecule has 0 saturated carbocycles. The van der Waals surface area contributed by atoms with Gasteiger partial charge in [-0.25, -0.2) is 0 Å². The minimum atomic E-state index is 0.531. The standard InChI is InChI=1S/C14H21NO2/c1-16-10-13-8-12(9-15-13)7-11-3-5-14(17-2)6-4-11/h3-6,12-13,15H,7-10H2,1-2H3. The van der Waals surface area contributed by atoms with Crippen molar-refractivity contribution in [3.8, 4) is 5.75 Å². The van der Waals surface area contributed by atoms with Gasteiger partial charge in [0.1, 0.15) is 5.75 Å². The van der Waals surface area contributed by atoms with Crippen LogP contribution in [0.1, 0.15) is 12.0 Å². The second kappa shape index (κ2) is 6.03. The van der Waals surface area contributed by atoms with E-state index in [4.69, 9.17) is 9.47 Å². The van der Waals surface area contributed by atoms with Crippen LogP contribution < -0.4 is 10.1 Å². The molecule has 0 aliphatic carbocycles. The van der Waals surface area contributed by atoms with E-state index in [2.05, 4.69) is 17.4 Å². The second-order valence-electron chi connectivity index (χ2n) is 4.71. The molecule has 1 aromatic rings. The van der Waals surface area contributed by atoms with Crippen LogP contribution in [0.5, 0.6) is 5.75 Å². The summed E-state index contributed by atoms with van der Waals surface area (Å²) in [5, 5.41) is 3.50. The topological polar surface area (TPSA) is 30.5 Å². The van der Waals surface area contributed by atoms with Crippen molar-refractivity contribution in [2.45, 2.75) is 18.9 Å². The largest absolute Gasteiger partial charge is 0.497 e. The third-order valence-electron chi connectivity index (χ3n) is 3.36. The monoisotopic (exact) mass is 235 g/mol. The van der Waals surface area contributed by atoms with Crippen molar-refractivity contribution in [3.63, 3.8) is 0 Å². The molecule has 1 saturated heterocycles. The van der Waals surface area contributed by atoms with Crippen molar-refractivity contribution >= 4 is 0 Å². The van der Waals surface area contributed by atoms with E-state index in [1.807, 2.05) is 12.1 Å². The Labute approximate surface area is 103 Å². The Kier molecular flexibility index (Phi) is 4.40. The summed E-state index contributed by atoms with van der Waals surface area (Å²) in [6, 6.07) is 8.91. The van der Waals surface area contributed by atoms with Crippen LogP contribution in [0, 0.1) is 5.92 Å². The Morgan fingerprint density at radius 2 is 2.00 bits per heavy atom. The van der Waals surface area contributed by atoms with Gasteiger partial charge in [-0.2, -0.15) is 0 Å². The van der Waals surface area contributed by atoms with Gasteiger partial charge in [-0.05, 0) is 43.0 Å². The Morgan fingerprint density at radius 1 is 1.24 bits per heavy atom. The fraction of sp³-hybridized carbons (Fsp3) is 0.571. The molecule has 2 atom stereocenters. The third kappa shape index (κ3) is 3.45. The zero-order chi connectivity index (χ0) is 12.1. The van der Waals surface area contributed by atoms with E-state index in [0.29, 0.717) is 6.04 Å². The lowest BCUT2D eigenvalue weighted by Crippen LogP contribution is -2.25. The average molecular weight is 235 g/mol. The van der Waals surface area contributed by atoms with E-state index in [9.17, 15) is 0 Å². The molecule has 94 valence electrons. The van der Waals surface area contributed by atoms with Crippen molar-refractivity contribution in [2.24, 2.45) is 5.92 Å². The molecule has 1 fully saturated rings. The van der Waals surface area contributed by atoms with Gasteiger partial charge in [0, 0.05) is 13.2 Å². The van der Waals surface area contributed by atoms with Gasteiger partial charge in [0.05, 0.1) is 13.7 Å². The maximum atomic E-state index is 5.18. The summed E-state index contributed by atoms with van der Waals surface area (Å²) in [5.41, 5.74) is 1.38. The van der Waals surface area contributed by atoms with E-state index < -0.39 is 0 Å². The highest BCUT2D eigenvalue weighted by molar-refractivity contribution is 5.27. The molecule has 1 aliphatic rings. The van der Waals surface area contributed by atoms with Crippen LogP contribution in [0.3, 0.4) is 0 Å². The Balaban J connectivity index is 1.84. The van der Waals surface area contributed by atoms with Crippen molar-refractivity contribution < 1.29 is 9.47 Å². The summed E-state index contributed by atoms with van der Waals surface area (Å²) in [4.78, 5) is 0. The van der Waals surface area contributed by atoms with Crippen molar-refractivity contribution in [1.29, 1.82) is 0 Å². The van der Waals surface area contributed by atoms with E-state index in [1.165, 1.54) is 12.0 Å². The number of nitrogens with one attached hydrogen (secondary N) is 1. The van der Waals surface area contributed by atoms with Crippen LogP contribution in [0.2, 0.25) is 0 Å². The highest BCUT2D eigenvalue weighted by Gasteiger charge is 2.23. The van der Waals surface area contributed by atoms with Gasteiger partial charge in [0.25, 0.3) is 0 Å². The highest BCUT2D eigenvalue weighted by Crippen LogP contribution is 2.20. The molecular formula is C14H21NO2. The molecule has 0 amide bonds. The highest BCUT2D eigenvalue weighted by atomic mass is 16.5. The Hall–Kier alpha value is -1.06. The molecule has 3 nitrogen and oxygen atoms in total. The normalized spacial score (nSPS) is 23.9. The van der Waals surface area contributed by atoms with Crippen molar-refractivity contribution in [3.05, 3.63) is 29.8 Å². The predicted octanol–water partition coefficient (Wildman–Crippen LogP) is 1.86. The van der Waals surface area contributed by atoms with Crippen LogP contribution in [0.4, 0.5) is 0 Å². The Bertz CT molecular complexity index is 337. The molecule has 1 heterocycles. The molecule has 2 rings (SSSR count). The van der Waals surface area contributed by atoms with E-state index in [1.54, 1.807) is 14.2 Å². The minimum Gasteiger partial charge on any atom is -0.497 e. The van der Waals surface area contributed by atoms with E-state index >= 15 is 0 Å². The number of hydrogen-bond donors (Lipinski definition) is 1. The van der Waals surface area contributed by atoms with Gasteiger partial charge in [-0.1, -0.05) is 12.1 Å². The third-order valence-corrected chi connectivity index (χ3v) is 3.36. The molecule has 17 heavy (non-hydrogen) atoms. The number of ether oxygens (including phenoxy) is 2. The molecule has 2 unspecified atom stereocenters. The van der Waals surface area contributed by atoms with E-state index in [-0.39, 0.29) is 0 Å². The van der Waals surface area contributed by atoms with Crippen LogP contribution in [-0.2, 0) is 11.2 Å². The predicted molar refractivity (Wildman–Crippen MR) is 68.5 cm³/mol. The summed E-state index contributed by atoms with van der Waals surface area (Å²) in [7, 11) is 3.46. The number of hydrogen-bond acceptors (Lipinski definition) is 3. The number of methoxy groups -OCH3 is 2. The van der Waals surface area contributed by atoms with Crippen LogP contribution in [0.25, 0.3) is 0 Å². The van der Waals surface area contributed by atoms with Crippen LogP contribution in [-0.4, -0.2) is 33.4 Å². The summed E-state index contributed by atoms with van der Waals surface area (Å²) in [6.45, 7) is 1.92. The fourth-order valence-electron chi connectivity index (χ4n) is 2.48. The van der Waals surface area contributed by atoms with Gasteiger partial charge < -0.3 is 14.8 Å². The van der Waals surface area contributed by atoms with Gasteiger partial charge in [0.15, 0.2) is 0 Å². The SMILES string of the molecule is COCC1CC(Cc2ccc(OC)cc2)CN1. The Morgan fingerprint density at radius 3 is 2.65 bits per heavy atom. The van der Waals surface area contributed by atoms with Crippen LogP contribution >= 0.6 is 0 Å². The molecule has 0 bridgehead atoms. The van der Waals surface area contributed by atoms with Crippen LogP contribution in [0.15, 0.2) is 24.3 Å².